The lowest BCUT2D eigenvalue weighted by molar-refractivity contribution is -0.120. The maximum absolute atomic E-state index is 13.4. The predicted molar refractivity (Wildman–Crippen MR) is 126 cm³/mol. The van der Waals surface area contributed by atoms with E-state index >= 15 is 0 Å². The third-order valence-corrected chi connectivity index (χ3v) is 7.10. The average Bonchev–Trinajstić information content (AvgIpc) is 3.37. The number of anilines is 2. The van der Waals surface area contributed by atoms with Crippen LogP contribution in [0.4, 0.5) is 15.2 Å². The summed E-state index contributed by atoms with van der Waals surface area (Å²) < 4.78 is 16.3. The third-order valence-electron chi connectivity index (χ3n) is 5.89. The number of carbonyl (C=O) groups excluding carboxylic acids is 1. The zero-order chi connectivity index (χ0) is 22.2. The van der Waals surface area contributed by atoms with Crippen molar-refractivity contribution >= 4 is 38.4 Å². The molecule has 6 nitrogen and oxygen atoms in total. The molecular formula is C24H24FN5OS. The van der Waals surface area contributed by atoms with Crippen molar-refractivity contribution in [2.45, 2.75) is 26.7 Å². The van der Waals surface area contributed by atoms with Crippen molar-refractivity contribution in [3.63, 3.8) is 0 Å². The molecule has 1 aliphatic heterocycles. The first-order valence-corrected chi connectivity index (χ1v) is 11.5. The van der Waals surface area contributed by atoms with Crippen molar-refractivity contribution in [1.29, 1.82) is 0 Å². The van der Waals surface area contributed by atoms with Gasteiger partial charge in [-0.2, -0.15) is 10.1 Å². The van der Waals surface area contributed by atoms with Crippen LogP contribution in [0, 0.1) is 25.6 Å². The van der Waals surface area contributed by atoms with Gasteiger partial charge in [-0.3, -0.25) is 4.79 Å². The summed E-state index contributed by atoms with van der Waals surface area (Å²) in [4.78, 5) is 20.0. The minimum Gasteiger partial charge on any atom is -0.347 e. The Labute approximate surface area is 189 Å². The fourth-order valence-corrected chi connectivity index (χ4v) is 5.20. The first-order valence-electron chi connectivity index (χ1n) is 10.7. The van der Waals surface area contributed by atoms with E-state index in [4.69, 9.17) is 4.98 Å². The topological polar surface area (TPSA) is 63.1 Å². The Kier molecular flexibility index (Phi) is 5.38. The second kappa shape index (κ2) is 8.35. The molecule has 0 spiro atoms. The molecule has 1 fully saturated rings. The highest BCUT2D eigenvalue weighted by molar-refractivity contribution is 7.22. The number of benzene rings is 2. The summed E-state index contributed by atoms with van der Waals surface area (Å²) in [6.07, 6.45) is 1.74. The van der Waals surface area contributed by atoms with E-state index in [0.29, 0.717) is 12.2 Å². The van der Waals surface area contributed by atoms with Crippen LogP contribution in [0.25, 0.3) is 16.0 Å². The molecule has 2 aromatic heterocycles. The Hall–Kier alpha value is -3.26. The summed E-state index contributed by atoms with van der Waals surface area (Å²) in [6, 6.07) is 14.4. The van der Waals surface area contributed by atoms with Crippen LogP contribution in [0.1, 0.15) is 24.1 Å². The molecule has 3 heterocycles. The van der Waals surface area contributed by atoms with Crippen LogP contribution >= 0.6 is 11.3 Å². The Bertz CT molecular complexity index is 1280. The van der Waals surface area contributed by atoms with Crippen molar-refractivity contribution in [1.82, 2.24) is 14.8 Å². The summed E-state index contributed by atoms with van der Waals surface area (Å²) >= 11 is 1.63. The molecule has 32 heavy (non-hydrogen) atoms. The molecule has 0 aliphatic carbocycles. The number of rotatable bonds is 4. The normalized spacial score (nSPS) is 16.5. The molecule has 0 bridgehead atoms. The Balaban J connectivity index is 1.37. The molecule has 0 radical (unpaired) electrons. The van der Waals surface area contributed by atoms with Gasteiger partial charge in [-0.05, 0) is 62.6 Å². The van der Waals surface area contributed by atoms with Crippen molar-refractivity contribution in [2.24, 2.45) is 5.92 Å². The number of halogens is 1. The summed E-state index contributed by atoms with van der Waals surface area (Å²) in [5.41, 5.74) is 4.16. The van der Waals surface area contributed by atoms with Gasteiger partial charge in [0.05, 0.1) is 22.0 Å². The van der Waals surface area contributed by atoms with Crippen LogP contribution in [-0.2, 0) is 4.79 Å². The monoisotopic (exact) mass is 449 g/mol. The third kappa shape index (κ3) is 3.86. The number of hydrogen-bond acceptors (Lipinski definition) is 5. The van der Waals surface area contributed by atoms with E-state index in [1.54, 1.807) is 24.3 Å². The number of fused-ring (bicyclic) bond motifs is 1. The van der Waals surface area contributed by atoms with E-state index in [-0.39, 0.29) is 17.6 Å². The van der Waals surface area contributed by atoms with Gasteiger partial charge in [-0.1, -0.05) is 29.5 Å². The molecule has 0 unspecified atom stereocenters. The van der Waals surface area contributed by atoms with Crippen molar-refractivity contribution in [2.75, 3.05) is 23.3 Å². The first-order chi connectivity index (χ1) is 15.5. The zero-order valence-corrected chi connectivity index (χ0v) is 18.8. The van der Waals surface area contributed by atoms with E-state index in [9.17, 15) is 9.18 Å². The minimum absolute atomic E-state index is 0.0304. The lowest BCUT2D eigenvalue weighted by Gasteiger charge is -2.31. The van der Waals surface area contributed by atoms with Crippen molar-refractivity contribution in [3.05, 3.63) is 65.6 Å². The maximum Gasteiger partial charge on any atom is 0.229 e. The molecule has 1 saturated heterocycles. The second-order valence-corrected chi connectivity index (χ2v) is 9.19. The van der Waals surface area contributed by atoms with Crippen molar-refractivity contribution in [3.8, 4) is 5.69 Å². The molecule has 1 amide bonds. The molecule has 2 aromatic carbocycles. The Morgan fingerprint density at radius 2 is 2.00 bits per heavy atom. The first kappa shape index (κ1) is 20.6. The van der Waals surface area contributed by atoms with Gasteiger partial charge in [0, 0.05) is 18.8 Å². The molecule has 164 valence electrons. The maximum atomic E-state index is 13.4. The number of aryl methyl sites for hydroxylation is 2. The molecule has 8 heteroatoms. The van der Waals surface area contributed by atoms with Gasteiger partial charge in [0.15, 0.2) is 10.8 Å². The number of nitrogens with one attached hydrogen (secondary N) is 1. The standard InChI is InChI=1S/C24H24FN5OS/c1-15-13-18(25)10-11-20(15)26-23(31)17-7-6-12-29(14-17)24-27-22-21(32-24)16(2)28-30(22)19-8-4-3-5-9-19/h3-5,8-11,13,17H,6-7,12,14H2,1-2H3,(H,26,31)/t17-/m0/s1. The number of carbonyl (C=O) groups is 1. The summed E-state index contributed by atoms with van der Waals surface area (Å²) in [7, 11) is 0. The van der Waals surface area contributed by atoms with Gasteiger partial charge in [0.25, 0.3) is 0 Å². The molecule has 1 atom stereocenters. The van der Waals surface area contributed by atoms with E-state index in [1.807, 2.05) is 41.9 Å². The van der Waals surface area contributed by atoms with E-state index in [1.165, 1.54) is 12.1 Å². The van der Waals surface area contributed by atoms with E-state index < -0.39 is 0 Å². The highest BCUT2D eigenvalue weighted by atomic mass is 32.1. The quantitative estimate of drug-likeness (QED) is 0.471. The summed E-state index contributed by atoms with van der Waals surface area (Å²) in [6.45, 7) is 5.28. The molecule has 1 aliphatic rings. The SMILES string of the molecule is Cc1cc(F)ccc1NC(=O)[C@H]1CCCN(c2nc3c(s2)c(C)nn3-c2ccccc2)C1. The zero-order valence-electron chi connectivity index (χ0n) is 18.0. The largest absolute Gasteiger partial charge is 0.347 e. The molecule has 0 saturated carbocycles. The lowest BCUT2D eigenvalue weighted by atomic mass is 9.97. The van der Waals surface area contributed by atoms with E-state index in [0.717, 1.165) is 51.8 Å². The minimum atomic E-state index is -0.301. The van der Waals surface area contributed by atoms with Crippen LogP contribution in [0.5, 0.6) is 0 Å². The molecule has 1 N–H and O–H groups in total. The number of aromatic nitrogens is 3. The molecular weight excluding hydrogens is 425 g/mol. The number of amides is 1. The fraction of sp³-hybridized carbons (Fsp3) is 0.292. The fourth-order valence-electron chi connectivity index (χ4n) is 4.17. The van der Waals surface area contributed by atoms with Crippen LogP contribution < -0.4 is 10.2 Å². The van der Waals surface area contributed by atoms with Gasteiger partial charge in [-0.15, -0.1) is 0 Å². The van der Waals surface area contributed by atoms with Crippen molar-refractivity contribution < 1.29 is 9.18 Å². The number of piperidine rings is 1. The van der Waals surface area contributed by atoms with Gasteiger partial charge >= 0.3 is 0 Å². The van der Waals surface area contributed by atoms with Gasteiger partial charge in [0.2, 0.25) is 5.91 Å². The second-order valence-electron chi connectivity index (χ2n) is 8.22. The summed E-state index contributed by atoms with van der Waals surface area (Å²) in [5, 5.41) is 8.56. The van der Waals surface area contributed by atoms with Gasteiger partial charge in [-0.25, -0.2) is 9.07 Å². The Morgan fingerprint density at radius 3 is 2.78 bits per heavy atom. The predicted octanol–water partition coefficient (Wildman–Crippen LogP) is 5.09. The highest BCUT2D eigenvalue weighted by Gasteiger charge is 2.28. The van der Waals surface area contributed by atoms with Gasteiger partial charge < -0.3 is 10.2 Å². The number of thiazole rings is 1. The number of nitrogens with zero attached hydrogens (tertiary/aromatic N) is 4. The van der Waals surface area contributed by atoms with Crippen LogP contribution in [0.15, 0.2) is 48.5 Å². The lowest BCUT2D eigenvalue weighted by Crippen LogP contribution is -2.40. The highest BCUT2D eigenvalue weighted by Crippen LogP contribution is 2.34. The Morgan fingerprint density at radius 1 is 1.19 bits per heavy atom. The molecule has 4 aromatic rings. The van der Waals surface area contributed by atoms with E-state index in [2.05, 4.69) is 15.3 Å². The average molecular weight is 450 g/mol. The van der Waals surface area contributed by atoms with Crippen LogP contribution in [0.2, 0.25) is 0 Å². The number of hydrogen-bond donors (Lipinski definition) is 1. The van der Waals surface area contributed by atoms with Crippen LogP contribution in [-0.4, -0.2) is 33.8 Å². The number of para-hydroxylation sites is 1. The van der Waals surface area contributed by atoms with Gasteiger partial charge in [0.1, 0.15) is 5.82 Å². The summed E-state index contributed by atoms with van der Waals surface area (Å²) in [5.74, 6) is -0.478. The van der Waals surface area contributed by atoms with Crippen LogP contribution in [0.3, 0.4) is 0 Å². The smallest absolute Gasteiger partial charge is 0.229 e. The molecule has 5 rings (SSSR count).